The molecule has 6 heteroatoms. The van der Waals surface area contributed by atoms with Crippen LogP contribution in [0.1, 0.15) is 16.7 Å². The van der Waals surface area contributed by atoms with Crippen molar-refractivity contribution >= 4 is 29.9 Å². The molecule has 0 bridgehead atoms. The average molecular weight is 457 g/mol. The lowest BCUT2D eigenvalue weighted by Gasteiger charge is -2.22. The summed E-state index contributed by atoms with van der Waals surface area (Å²) < 4.78 is 18.4. The van der Waals surface area contributed by atoms with Crippen LogP contribution in [0.2, 0.25) is 0 Å². The van der Waals surface area contributed by atoms with Gasteiger partial charge in [0, 0.05) is 34.3 Å². The number of benzene rings is 2. The predicted molar refractivity (Wildman–Crippen MR) is 111 cm³/mol. The lowest BCUT2D eigenvalue weighted by molar-refractivity contribution is 0.185. The highest BCUT2D eigenvalue weighted by molar-refractivity contribution is 14.0. The Morgan fingerprint density at radius 3 is 2.40 bits per heavy atom. The minimum atomic E-state index is -0.222. The van der Waals surface area contributed by atoms with Gasteiger partial charge in [0.2, 0.25) is 0 Å². The molecular weight excluding hydrogens is 432 g/mol. The predicted octanol–water partition coefficient (Wildman–Crippen LogP) is 3.80. The van der Waals surface area contributed by atoms with Crippen molar-refractivity contribution in [1.82, 2.24) is 10.2 Å². The molecule has 0 aliphatic carbocycles. The first-order chi connectivity index (χ1) is 11.6. The van der Waals surface area contributed by atoms with E-state index < -0.39 is 0 Å². The number of ether oxygens (including phenoxy) is 1. The Hall–Kier alpha value is -1.67. The van der Waals surface area contributed by atoms with E-state index in [1.165, 1.54) is 12.1 Å². The number of hydrogen-bond acceptors (Lipinski definition) is 2. The van der Waals surface area contributed by atoms with Crippen molar-refractivity contribution in [3.63, 3.8) is 0 Å². The quantitative estimate of drug-likeness (QED) is 0.408. The van der Waals surface area contributed by atoms with Gasteiger partial charge in [-0.05, 0) is 28.8 Å². The summed E-state index contributed by atoms with van der Waals surface area (Å²) in [6, 6.07) is 14.9. The molecule has 2 aromatic rings. The van der Waals surface area contributed by atoms with Gasteiger partial charge in [-0.1, -0.05) is 36.4 Å². The molecule has 0 aromatic heterocycles. The van der Waals surface area contributed by atoms with Crippen molar-refractivity contribution in [3.05, 3.63) is 71.0 Å². The fraction of sp³-hybridized carbons (Fsp3) is 0.316. The third kappa shape index (κ3) is 6.99. The molecule has 0 fully saturated rings. The van der Waals surface area contributed by atoms with Crippen LogP contribution in [-0.4, -0.2) is 32.1 Å². The van der Waals surface area contributed by atoms with Crippen LogP contribution in [0, 0.1) is 5.82 Å². The number of aliphatic imine (C=N–C) groups is 1. The van der Waals surface area contributed by atoms with Crippen LogP contribution in [0.5, 0.6) is 0 Å². The lowest BCUT2D eigenvalue weighted by atomic mass is 10.1. The van der Waals surface area contributed by atoms with Crippen molar-refractivity contribution in [2.45, 2.75) is 19.7 Å². The number of nitrogens with one attached hydrogen (secondary N) is 1. The summed E-state index contributed by atoms with van der Waals surface area (Å²) in [5.41, 5.74) is 3.22. The van der Waals surface area contributed by atoms with Gasteiger partial charge < -0.3 is 15.0 Å². The molecule has 0 amide bonds. The summed E-state index contributed by atoms with van der Waals surface area (Å²) in [5.74, 6) is 0.542. The standard InChI is InChI=1S/C19H24FN3O.HI/c1-21-19(23(2)13-17-5-4-6-18(20)11-17)22-12-15-7-9-16(10-8-15)14-24-3;/h4-11H,12-14H2,1-3H3,(H,21,22);1H. The highest BCUT2D eigenvalue weighted by Gasteiger charge is 2.07. The fourth-order valence-electron chi connectivity index (χ4n) is 2.47. The Morgan fingerprint density at radius 1 is 1.12 bits per heavy atom. The fourth-order valence-corrected chi connectivity index (χ4v) is 2.47. The summed E-state index contributed by atoms with van der Waals surface area (Å²) in [6.07, 6.45) is 0. The second-order valence-electron chi connectivity index (χ2n) is 5.64. The van der Waals surface area contributed by atoms with E-state index in [0.29, 0.717) is 19.7 Å². The zero-order valence-corrected chi connectivity index (χ0v) is 17.2. The molecule has 2 aromatic carbocycles. The van der Waals surface area contributed by atoms with E-state index in [2.05, 4.69) is 34.6 Å². The smallest absolute Gasteiger partial charge is 0.193 e. The minimum absolute atomic E-state index is 0. The number of hydrogen-bond donors (Lipinski definition) is 1. The van der Waals surface area contributed by atoms with Crippen LogP contribution in [0.25, 0.3) is 0 Å². The maximum absolute atomic E-state index is 13.3. The van der Waals surface area contributed by atoms with Crippen LogP contribution in [-0.2, 0) is 24.4 Å². The summed E-state index contributed by atoms with van der Waals surface area (Å²) in [5, 5.41) is 3.32. The van der Waals surface area contributed by atoms with Crippen molar-refractivity contribution in [3.8, 4) is 0 Å². The molecule has 0 spiro atoms. The first kappa shape index (κ1) is 21.4. The SMILES string of the molecule is CN=C(NCc1ccc(COC)cc1)N(C)Cc1cccc(F)c1.I. The van der Waals surface area contributed by atoms with E-state index in [1.807, 2.05) is 18.0 Å². The lowest BCUT2D eigenvalue weighted by Crippen LogP contribution is -2.38. The molecule has 0 aliphatic rings. The first-order valence-corrected chi connectivity index (χ1v) is 7.85. The summed E-state index contributed by atoms with van der Waals surface area (Å²) in [6.45, 7) is 1.88. The van der Waals surface area contributed by atoms with Gasteiger partial charge in [0.05, 0.1) is 6.61 Å². The molecule has 0 saturated carbocycles. The van der Waals surface area contributed by atoms with Gasteiger partial charge in [-0.25, -0.2) is 4.39 Å². The zero-order chi connectivity index (χ0) is 17.4. The van der Waals surface area contributed by atoms with E-state index in [0.717, 1.165) is 22.6 Å². The van der Waals surface area contributed by atoms with Gasteiger partial charge in [0.15, 0.2) is 5.96 Å². The molecule has 25 heavy (non-hydrogen) atoms. The monoisotopic (exact) mass is 457 g/mol. The zero-order valence-electron chi connectivity index (χ0n) is 14.8. The topological polar surface area (TPSA) is 36.9 Å². The highest BCUT2D eigenvalue weighted by Crippen LogP contribution is 2.08. The van der Waals surface area contributed by atoms with Gasteiger partial charge in [-0.2, -0.15) is 0 Å². The molecule has 0 radical (unpaired) electrons. The maximum Gasteiger partial charge on any atom is 0.193 e. The minimum Gasteiger partial charge on any atom is -0.380 e. The van der Waals surface area contributed by atoms with Crippen LogP contribution in [0.4, 0.5) is 4.39 Å². The molecule has 136 valence electrons. The van der Waals surface area contributed by atoms with E-state index in [1.54, 1.807) is 20.2 Å². The normalized spacial score (nSPS) is 11.0. The molecule has 0 atom stereocenters. The van der Waals surface area contributed by atoms with Gasteiger partial charge in [0.25, 0.3) is 0 Å². The summed E-state index contributed by atoms with van der Waals surface area (Å²) in [7, 11) is 5.36. The van der Waals surface area contributed by atoms with Gasteiger partial charge in [-0.15, -0.1) is 24.0 Å². The summed E-state index contributed by atoms with van der Waals surface area (Å²) in [4.78, 5) is 6.25. The van der Waals surface area contributed by atoms with Gasteiger partial charge in [-0.3, -0.25) is 4.99 Å². The van der Waals surface area contributed by atoms with Crippen LogP contribution < -0.4 is 5.32 Å². The molecule has 0 saturated heterocycles. The van der Waals surface area contributed by atoms with Gasteiger partial charge >= 0.3 is 0 Å². The van der Waals surface area contributed by atoms with E-state index in [9.17, 15) is 4.39 Å². The molecule has 0 unspecified atom stereocenters. The van der Waals surface area contributed by atoms with E-state index >= 15 is 0 Å². The van der Waals surface area contributed by atoms with Crippen LogP contribution in [0.3, 0.4) is 0 Å². The number of guanidine groups is 1. The molecule has 0 aliphatic heterocycles. The number of rotatable bonds is 6. The van der Waals surface area contributed by atoms with Crippen molar-refractivity contribution in [2.75, 3.05) is 21.2 Å². The average Bonchev–Trinajstić information content (AvgIpc) is 2.57. The molecule has 2 rings (SSSR count). The third-order valence-electron chi connectivity index (χ3n) is 3.67. The Kier molecular flexibility index (Phi) is 9.44. The van der Waals surface area contributed by atoms with Gasteiger partial charge in [0.1, 0.15) is 5.82 Å². The Bertz CT molecular complexity index is 677. The van der Waals surface area contributed by atoms with Crippen LogP contribution in [0.15, 0.2) is 53.5 Å². The largest absolute Gasteiger partial charge is 0.380 e. The maximum atomic E-state index is 13.3. The number of halogens is 2. The Morgan fingerprint density at radius 2 is 1.80 bits per heavy atom. The second kappa shape index (κ2) is 11.0. The molecule has 4 nitrogen and oxygen atoms in total. The third-order valence-corrected chi connectivity index (χ3v) is 3.67. The Labute approximate surface area is 166 Å². The second-order valence-corrected chi connectivity index (χ2v) is 5.64. The van der Waals surface area contributed by atoms with E-state index in [4.69, 9.17) is 4.74 Å². The molecule has 1 N–H and O–H groups in total. The number of nitrogens with zero attached hydrogens (tertiary/aromatic N) is 2. The number of methoxy groups -OCH3 is 1. The van der Waals surface area contributed by atoms with E-state index in [-0.39, 0.29) is 29.8 Å². The van der Waals surface area contributed by atoms with Crippen molar-refractivity contribution < 1.29 is 9.13 Å². The highest BCUT2D eigenvalue weighted by atomic mass is 127. The first-order valence-electron chi connectivity index (χ1n) is 7.85. The van der Waals surface area contributed by atoms with Crippen LogP contribution >= 0.6 is 24.0 Å². The van der Waals surface area contributed by atoms with Crippen molar-refractivity contribution in [1.29, 1.82) is 0 Å². The summed E-state index contributed by atoms with van der Waals surface area (Å²) >= 11 is 0. The molecular formula is C19H25FIN3O. The Balaban J connectivity index is 0.00000312. The van der Waals surface area contributed by atoms with Crippen molar-refractivity contribution in [2.24, 2.45) is 4.99 Å². The molecule has 0 heterocycles.